The second-order valence-electron chi connectivity index (χ2n) is 2.69. The van der Waals surface area contributed by atoms with Crippen molar-refractivity contribution in [2.24, 2.45) is 0 Å². The van der Waals surface area contributed by atoms with E-state index in [1.165, 1.54) is 0 Å². The van der Waals surface area contributed by atoms with E-state index in [1.807, 2.05) is 4.90 Å². The molecule has 6 heteroatoms. The molecule has 0 aromatic rings. The molecule has 1 aliphatic rings. The van der Waals surface area contributed by atoms with Crippen molar-refractivity contribution in [2.75, 3.05) is 19.6 Å². The fourth-order valence-corrected chi connectivity index (χ4v) is 0.934. The molecule has 0 spiro atoms. The monoisotopic (exact) mass is 191 g/mol. The Morgan fingerprint density at radius 2 is 1.73 bits per heavy atom. The molecule has 0 bridgehead atoms. The molecule has 1 rings (SSSR count). The Kier molecular flexibility index (Phi) is 5.93. The molecule has 0 aromatic heterocycles. The van der Waals surface area contributed by atoms with E-state index in [0.29, 0.717) is 0 Å². The van der Waals surface area contributed by atoms with Crippen LogP contribution in [-0.4, -0.2) is 31.5 Å². The van der Waals surface area contributed by atoms with Crippen molar-refractivity contribution in [3.8, 4) is 0 Å². The van der Waals surface area contributed by atoms with Gasteiger partial charge in [-0.2, -0.15) is 0 Å². The maximum atomic E-state index is 11.6. The molecule has 0 radical (unpaired) electrons. The molecule has 60 valence electrons. The Morgan fingerprint density at radius 1 is 1.18 bits per heavy atom. The maximum absolute atomic E-state index is 11.6. The molecule has 0 unspecified atom stereocenters. The number of hydrogen-bond acceptors (Lipinski definition) is 1. The Hall–Kier alpha value is 1.45. The SMILES string of the molecule is F[B-](F)(F)CCN1CCC1.[K+]. The number of hydrogen-bond donors (Lipinski definition) is 0. The van der Waals surface area contributed by atoms with Crippen molar-refractivity contribution in [1.82, 2.24) is 4.90 Å². The molecule has 0 aromatic carbocycles. The normalized spacial score (nSPS) is 18.8. The standard InChI is InChI=1S/C5H10BF3N.K/c7-6(8,9)2-5-10-3-1-4-10;/h1-5H2;/q-1;+1. The summed E-state index contributed by atoms with van der Waals surface area (Å²) in [5, 5.41) is 0. The summed E-state index contributed by atoms with van der Waals surface area (Å²) >= 11 is 0. The fraction of sp³-hybridized carbons (Fsp3) is 1.00. The summed E-state index contributed by atoms with van der Waals surface area (Å²) in [5.41, 5.74) is 0. The van der Waals surface area contributed by atoms with Crippen LogP contribution in [0.2, 0.25) is 6.32 Å². The minimum Gasteiger partial charge on any atom is -0.449 e. The van der Waals surface area contributed by atoms with Gasteiger partial charge in [0.05, 0.1) is 0 Å². The van der Waals surface area contributed by atoms with Gasteiger partial charge in [-0.1, -0.05) is 6.32 Å². The van der Waals surface area contributed by atoms with Crippen molar-refractivity contribution in [3.63, 3.8) is 0 Å². The number of halogens is 3. The van der Waals surface area contributed by atoms with Crippen LogP contribution in [0.15, 0.2) is 0 Å². The van der Waals surface area contributed by atoms with E-state index in [4.69, 9.17) is 0 Å². The first kappa shape index (κ1) is 12.5. The average Bonchev–Trinajstić information content (AvgIpc) is 1.56. The van der Waals surface area contributed by atoms with E-state index in [0.717, 1.165) is 19.5 Å². The van der Waals surface area contributed by atoms with E-state index in [1.54, 1.807) is 0 Å². The zero-order chi connectivity index (χ0) is 7.61. The molecular weight excluding hydrogens is 181 g/mol. The molecule has 0 aliphatic carbocycles. The van der Waals surface area contributed by atoms with Gasteiger partial charge in [0.2, 0.25) is 0 Å². The van der Waals surface area contributed by atoms with Gasteiger partial charge in [-0.3, -0.25) is 0 Å². The molecule has 0 amide bonds. The third kappa shape index (κ3) is 5.65. The number of likely N-dealkylation sites (tertiary alicyclic amines) is 1. The van der Waals surface area contributed by atoms with Gasteiger partial charge in [0, 0.05) is 0 Å². The quantitative estimate of drug-likeness (QED) is 0.493. The van der Waals surface area contributed by atoms with Crippen LogP contribution in [0.3, 0.4) is 0 Å². The zero-order valence-electron chi connectivity index (χ0n) is 6.69. The second kappa shape index (κ2) is 5.24. The van der Waals surface area contributed by atoms with E-state index < -0.39 is 13.3 Å². The smallest absolute Gasteiger partial charge is 0.449 e. The van der Waals surface area contributed by atoms with Gasteiger partial charge >= 0.3 is 58.4 Å². The molecule has 1 fully saturated rings. The van der Waals surface area contributed by atoms with Crippen LogP contribution in [-0.2, 0) is 0 Å². The summed E-state index contributed by atoms with van der Waals surface area (Å²) in [6.45, 7) is -2.63. The molecule has 1 nitrogen and oxygen atoms in total. The van der Waals surface area contributed by atoms with E-state index in [2.05, 4.69) is 0 Å². The first-order chi connectivity index (χ1) is 4.58. The van der Waals surface area contributed by atoms with Crippen molar-refractivity contribution in [2.45, 2.75) is 12.7 Å². The zero-order valence-corrected chi connectivity index (χ0v) is 9.82. The third-order valence-electron chi connectivity index (χ3n) is 1.72. The first-order valence-electron chi connectivity index (χ1n) is 3.51. The molecule has 1 saturated heterocycles. The molecule has 11 heavy (non-hydrogen) atoms. The van der Waals surface area contributed by atoms with Crippen LogP contribution >= 0.6 is 0 Å². The number of rotatable bonds is 3. The van der Waals surface area contributed by atoms with E-state index in [-0.39, 0.29) is 57.9 Å². The third-order valence-corrected chi connectivity index (χ3v) is 1.72. The predicted molar refractivity (Wildman–Crippen MR) is 34.9 cm³/mol. The van der Waals surface area contributed by atoms with Crippen LogP contribution < -0.4 is 51.4 Å². The van der Waals surface area contributed by atoms with Crippen LogP contribution in [0.4, 0.5) is 12.9 Å². The van der Waals surface area contributed by atoms with Gasteiger partial charge in [-0.05, 0) is 26.1 Å². The molecule has 0 N–H and O–H groups in total. The van der Waals surface area contributed by atoms with Crippen molar-refractivity contribution in [3.05, 3.63) is 0 Å². The summed E-state index contributed by atoms with van der Waals surface area (Å²) < 4.78 is 34.8. The Labute approximate surface area is 107 Å². The molecule has 0 saturated carbocycles. The minimum absolute atomic E-state index is 0. The molecule has 1 heterocycles. The summed E-state index contributed by atoms with van der Waals surface area (Å²) in [6.07, 6.45) is 0.463. The van der Waals surface area contributed by atoms with E-state index in [9.17, 15) is 12.9 Å². The van der Waals surface area contributed by atoms with Crippen molar-refractivity contribution in [1.29, 1.82) is 0 Å². The van der Waals surface area contributed by atoms with Crippen molar-refractivity contribution >= 4 is 6.98 Å². The van der Waals surface area contributed by atoms with Gasteiger partial charge < -0.3 is 17.8 Å². The molecular formula is C5H10BF3KN. The average molecular weight is 191 g/mol. The molecule has 0 atom stereocenters. The summed E-state index contributed by atoms with van der Waals surface area (Å²) in [7, 11) is 0. The van der Waals surface area contributed by atoms with Crippen LogP contribution in [0.5, 0.6) is 0 Å². The van der Waals surface area contributed by atoms with Gasteiger partial charge in [-0.15, -0.1) is 0 Å². The largest absolute Gasteiger partial charge is 1.00 e. The molecule has 1 aliphatic heterocycles. The van der Waals surface area contributed by atoms with E-state index >= 15 is 0 Å². The van der Waals surface area contributed by atoms with Gasteiger partial charge in [0.1, 0.15) is 0 Å². The second-order valence-corrected chi connectivity index (χ2v) is 2.69. The predicted octanol–water partition coefficient (Wildman–Crippen LogP) is -1.46. The Bertz CT molecular complexity index is 115. The van der Waals surface area contributed by atoms with Crippen molar-refractivity contribution < 1.29 is 64.3 Å². The maximum Gasteiger partial charge on any atom is 1.00 e. The Balaban J connectivity index is 0.000001000. The summed E-state index contributed by atoms with van der Waals surface area (Å²) in [6, 6.07) is 0. The van der Waals surface area contributed by atoms with Crippen LogP contribution in [0.25, 0.3) is 0 Å². The van der Waals surface area contributed by atoms with Gasteiger partial charge in [0.15, 0.2) is 0 Å². The fourth-order valence-electron chi connectivity index (χ4n) is 0.934. The van der Waals surface area contributed by atoms with Crippen LogP contribution in [0, 0.1) is 0 Å². The van der Waals surface area contributed by atoms with Gasteiger partial charge in [0.25, 0.3) is 0 Å². The van der Waals surface area contributed by atoms with Gasteiger partial charge in [-0.25, -0.2) is 0 Å². The topological polar surface area (TPSA) is 3.24 Å². The first-order valence-corrected chi connectivity index (χ1v) is 3.51. The minimum atomic E-state index is -4.55. The summed E-state index contributed by atoms with van der Waals surface area (Å²) in [4.78, 5) is 1.83. The van der Waals surface area contributed by atoms with Crippen LogP contribution in [0.1, 0.15) is 6.42 Å². The summed E-state index contributed by atoms with van der Waals surface area (Å²) in [5.74, 6) is 0. The number of nitrogens with zero attached hydrogens (tertiary/aromatic N) is 1. The Morgan fingerprint density at radius 3 is 2.00 bits per heavy atom.